The molecule has 1 heterocycles. The zero-order valence-electron chi connectivity index (χ0n) is 10.3. The van der Waals surface area contributed by atoms with Crippen LogP contribution in [0.1, 0.15) is 33.6 Å². The van der Waals surface area contributed by atoms with Gasteiger partial charge in [0.25, 0.3) is 0 Å². The largest absolute Gasteiger partial charge is 0.380 e. The first kappa shape index (κ1) is 13.3. The second-order valence-electron chi connectivity index (χ2n) is 5.05. The lowest BCUT2D eigenvalue weighted by Crippen LogP contribution is -2.34. The van der Waals surface area contributed by atoms with Crippen molar-refractivity contribution < 1.29 is 4.74 Å². The van der Waals surface area contributed by atoms with Gasteiger partial charge in [0.1, 0.15) is 0 Å². The van der Waals surface area contributed by atoms with Crippen molar-refractivity contribution in [1.82, 2.24) is 5.32 Å². The molecule has 1 rings (SSSR count). The smallest absolute Gasteiger partial charge is 0.0591 e. The van der Waals surface area contributed by atoms with Gasteiger partial charge < -0.3 is 10.1 Å². The molecule has 0 aromatic heterocycles. The Hall–Kier alpha value is 0.270. The topological polar surface area (TPSA) is 21.3 Å². The third kappa shape index (κ3) is 5.79. The molecule has 1 aliphatic rings. The van der Waals surface area contributed by atoms with E-state index in [-0.39, 0.29) is 0 Å². The molecule has 0 radical (unpaired) electrons. The van der Waals surface area contributed by atoms with E-state index >= 15 is 0 Å². The average Bonchev–Trinajstić information content (AvgIpc) is 2.58. The first-order valence-corrected chi connectivity index (χ1v) is 7.03. The van der Waals surface area contributed by atoms with Crippen LogP contribution >= 0.6 is 11.8 Å². The van der Waals surface area contributed by atoms with Crippen LogP contribution in [0.3, 0.4) is 0 Å². The predicted octanol–water partition coefficient (Wildman–Crippen LogP) is 2.53. The monoisotopic (exact) mass is 231 g/mol. The molecule has 0 bridgehead atoms. The highest BCUT2D eigenvalue weighted by Crippen LogP contribution is 2.36. The van der Waals surface area contributed by atoms with Crippen molar-refractivity contribution in [3.63, 3.8) is 0 Å². The van der Waals surface area contributed by atoms with Gasteiger partial charge in [-0.3, -0.25) is 0 Å². The van der Waals surface area contributed by atoms with Gasteiger partial charge in [0.05, 0.1) is 6.61 Å². The molecule has 2 nitrogen and oxygen atoms in total. The van der Waals surface area contributed by atoms with Crippen molar-refractivity contribution in [2.45, 2.75) is 38.4 Å². The van der Waals surface area contributed by atoms with E-state index in [9.17, 15) is 0 Å². The van der Waals surface area contributed by atoms with Gasteiger partial charge in [-0.15, -0.1) is 0 Å². The molecule has 0 aromatic rings. The first-order valence-electron chi connectivity index (χ1n) is 6.05. The maximum absolute atomic E-state index is 5.52. The predicted molar refractivity (Wildman–Crippen MR) is 68.6 cm³/mol. The highest BCUT2D eigenvalue weighted by atomic mass is 32.2. The van der Waals surface area contributed by atoms with Gasteiger partial charge >= 0.3 is 0 Å². The van der Waals surface area contributed by atoms with Crippen LogP contribution in [0.15, 0.2) is 0 Å². The summed E-state index contributed by atoms with van der Waals surface area (Å²) in [6, 6.07) is 0. The van der Waals surface area contributed by atoms with Gasteiger partial charge in [-0.1, -0.05) is 13.8 Å². The van der Waals surface area contributed by atoms with Crippen LogP contribution in [-0.2, 0) is 4.74 Å². The minimum atomic E-state index is 0.484. The summed E-state index contributed by atoms with van der Waals surface area (Å²) < 4.78 is 6.01. The summed E-state index contributed by atoms with van der Waals surface area (Å²) in [5, 5.41) is 3.50. The molecule has 15 heavy (non-hydrogen) atoms. The maximum Gasteiger partial charge on any atom is 0.0591 e. The molecule has 1 atom stereocenters. The molecule has 1 N–H and O–H groups in total. The van der Waals surface area contributed by atoms with E-state index in [1.807, 2.05) is 0 Å². The summed E-state index contributed by atoms with van der Waals surface area (Å²) in [5.74, 6) is 1.98. The van der Waals surface area contributed by atoms with Crippen molar-refractivity contribution in [3.8, 4) is 0 Å². The molecular weight excluding hydrogens is 206 g/mol. The highest BCUT2D eigenvalue weighted by molar-refractivity contribution is 8.00. The van der Waals surface area contributed by atoms with Crippen molar-refractivity contribution >= 4 is 11.8 Å². The maximum atomic E-state index is 5.52. The summed E-state index contributed by atoms with van der Waals surface area (Å²) in [5.41, 5.74) is 0. The lowest BCUT2D eigenvalue weighted by atomic mass is 10.1. The number of nitrogens with one attached hydrogen (secondary N) is 1. The van der Waals surface area contributed by atoms with Crippen LogP contribution in [0, 0.1) is 5.92 Å². The van der Waals surface area contributed by atoms with E-state index < -0.39 is 0 Å². The molecule has 1 unspecified atom stereocenters. The zero-order valence-corrected chi connectivity index (χ0v) is 11.2. The standard InChI is InChI=1S/C12H25NOS/c1-11(2)9-14-7-6-13-10-12(3)5-4-8-15-12/h11,13H,4-10H2,1-3H3. The van der Waals surface area contributed by atoms with Gasteiger partial charge in [-0.25, -0.2) is 0 Å². The van der Waals surface area contributed by atoms with Crippen molar-refractivity contribution in [2.75, 3.05) is 32.1 Å². The van der Waals surface area contributed by atoms with Crippen LogP contribution < -0.4 is 5.32 Å². The lowest BCUT2D eigenvalue weighted by molar-refractivity contribution is 0.111. The first-order chi connectivity index (χ1) is 7.12. The van der Waals surface area contributed by atoms with Crippen molar-refractivity contribution in [3.05, 3.63) is 0 Å². The lowest BCUT2D eigenvalue weighted by Gasteiger charge is -2.22. The normalized spacial score (nSPS) is 26.4. The number of thioether (sulfide) groups is 1. The molecule has 1 saturated heterocycles. The van der Waals surface area contributed by atoms with Gasteiger partial charge in [-0.2, -0.15) is 11.8 Å². The zero-order chi connectivity index (χ0) is 11.1. The van der Waals surface area contributed by atoms with E-state index in [0.717, 1.165) is 26.3 Å². The Morgan fingerprint density at radius 2 is 2.27 bits per heavy atom. The van der Waals surface area contributed by atoms with Crippen molar-refractivity contribution in [2.24, 2.45) is 5.92 Å². The Balaban J connectivity index is 1.92. The van der Waals surface area contributed by atoms with E-state index in [1.165, 1.54) is 18.6 Å². The second-order valence-corrected chi connectivity index (χ2v) is 6.73. The number of rotatable bonds is 7. The Morgan fingerprint density at radius 1 is 1.47 bits per heavy atom. The number of hydrogen-bond donors (Lipinski definition) is 1. The van der Waals surface area contributed by atoms with E-state index in [4.69, 9.17) is 4.74 Å². The van der Waals surface area contributed by atoms with E-state index in [2.05, 4.69) is 37.8 Å². The van der Waals surface area contributed by atoms with Crippen LogP contribution in [0.2, 0.25) is 0 Å². The van der Waals surface area contributed by atoms with Crippen molar-refractivity contribution in [1.29, 1.82) is 0 Å². The molecule has 0 spiro atoms. The minimum Gasteiger partial charge on any atom is -0.380 e. The van der Waals surface area contributed by atoms with Crippen LogP contribution in [0.25, 0.3) is 0 Å². The molecular formula is C12H25NOS. The molecule has 0 saturated carbocycles. The SMILES string of the molecule is CC(C)COCCNCC1(C)CCCS1. The van der Waals surface area contributed by atoms with Gasteiger partial charge in [0, 0.05) is 24.4 Å². The fraction of sp³-hybridized carbons (Fsp3) is 1.00. The Morgan fingerprint density at radius 3 is 2.87 bits per heavy atom. The Labute approximate surface area is 98.5 Å². The van der Waals surface area contributed by atoms with Gasteiger partial charge in [-0.05, 0) is 31.4 Å². The van der Waals surface area contributed by atoms with E-state index in [0.29, 0.717) is 10.7 Å². The average molecular weight is 231 g/mol. The van der Waals surface area contributed by atoms with Crippen LogP contribution in [0.4, 0.5) is 0 Å². The highest BCUT2D eigenvalue weighted by Gasteiger charge is 2.28. The molecule has 0 aromatic carbocycles. The molecule has 3 heteroatoms. The summed E-state index contributed by atoms with van der Waals surface area (Å²) in [7, 11) is 0. The third-order valence-electron chi connectivity index (χ3n) is 2.67. The number of hydrogen-bond acceptors (Lipinski definition) is 3. The Kier molecular flexibility index (Phi) is 6.02. The second kappa shape index (κ2) is 6.77. The van der Waals surface area contributed by atoms with Gasteiger partial charge in [0.15, 0.2) is 0 Å². The van der Waals surface area contributed by atoms with Crippen LogP contribution in [0.5, 0.6) is 0 Å². The summed E-state index contributed by atoms with van der Waals surface area (Å²) in [6.45, 7) is 10.6. The quantitative estimate of drug-likeness (QED) is 0.680. The van der Waals surface area contributed by atoms with Gasteiger partial charge in [0.2, 0.25) is 0 Å². The molecule has 0 amide bonds. The Bertz CT molecular complexity index is 167. The number of ether oxygens (including phenoxy) is 1. The van der Waals surface area contributed by atoms with Crippen LogP contribution in [-0.4, -0.2) is 36.8 Å². The third-order valence-corrected chi connectivity index (χ3v) is 4.21. The molecule has 1 fully saturated rings. The minimum absolute atomic E-state index is 0.484. The fourth-order valence-corrected chi connectivity index (χ4v) is 3.07. The summed E-state index contributed by atoms with van der Waals surface area (Å²) in [6.07, 6.45) is 2.74. The fourth-order valence-electron chi connectivity index (χ4n) is 1.79. The van der Waals surface area contributed by atoms with E-state index in [1.54, 1.807) is 0 Å². The summed E-state index contributed by atoms with van der Waals surface area (Å²) in [4.78, 5) is 0. The molecule has 1 aliphatic heterocycles. The molecule has 0 aliphatic carbocycles. The summed E-state index contributed by atoms with van der Waals surface area (Å²) >= 11 is 2.11. The molecule has 90 valence electrons.